The first-order chi connectivity index (χ1) is 9.02. The predicted octanol–water partition coefficient (Wildman–Crippen LogP) is 2.72. The van der Waals surface area contributed by atoms with Gasteiger partial charge < -0.3 is 9.73 Å². The Kier molecular flexibility index (Phi) is 3.34. The fourth-order valence-electron chi connectivity index (χ4n) is 1.84. The SMILES string of the molecule is Cc1oc(C)c(C(=O)Nc2ccc(C#N)cn2)c1C. The zero-order chi connectivity index (χ0) is 14.0. The van der Waals surface area contributed by atoms with E-state index in [1.54, 1.807) is 19.1 Å². The minimum Gasteiger partial charge on any atom is -0.466 e. The van der Waals surface area contributed by atoms with E-state index in [1.807, 2.05) is 19.9 Å². The molecule has 2 aromatic rings. The van der Waals surface area contributed by atoms with Crippen LogP contribution in [0.15, 0.2) is 22.7 Å². The highest BCUT2D eigenvalue weighted by atomic mass is 16.3. The molecule has 0 radical (unpaired) electrons. The molecule has 19 heavy (non-hydrogen) atoms. The van der Waals surface area contributed by atoms with Gasteiger partial charge in [-0.05, 0) is 32.9 Å². The third kappa shape index (κ3) is 2.47. The Labute approximate surface area is 110 Å². The van der Waals surface area contributed by atoms with Crippen molar-refractivity contribution in [3.63, 3.8) is 0 Å². The van der Waals surface area contributed by atoms with Crippen LogP contribution in [0.5, 0.6) is 0 Å². The monoisotopic (exact) mass is 255 g/mol. The molecule has 0 saturated heterocycles. The topological polar surface area (TPSA) is 78.9 Å². The summed E-state index contributed by atoms with van der Waals surface area (Å²) in [6, 6.07) is 5.16. The number of anilines is 1. The fraction of sp³-hybridized carbons (Fsp3) is 0.214. The molecule has 2 heterocycles. The number of hydrogen-bond acceptors (Lipinski definition) is 4. The van der Waals surface area contributed by atoms with E-state index in [2.05, 4.69) is 10.3 Å². The van der Waals surface area contributed by atoms with E-state index < -0.39 is 0 Å². The average Bonchev–Trinajstić information content (AvgIpc) is 2.64. The summed E-state index contributed by atoms with van der Waals surface area (Å²) < 4.78 is 5.42. The number of furan rings is 1. The highest BCUT2D eigenvalue weighted by molar-refractivity contribution is 6.05. The number of nitrogens with zero attached hydrogens (tertiary/aromatic N) is 2. The molecule has 5 heteroatoms. The van der Waals surface area contributed by atoms with Crippen LogP contribution >= 0.6 is 0 Å². The van der Waals surface area contributed by atoms with Gasteiger partial charge in [0.15, 0.2) is 0 Å². The predicted molar refractivity (Wildman–Crippen MR) is 69.8 cm³/mol. The molecule has 0 bridgehead atoms. The molecule has 0 aliphatic heterocycles. The van der Waals surface area contributed by atoms with Crippen LogP contribution in [0.25, 0.3) is 0 Å². The molecular formula is C14H13N3O2. The lowest BCUT2D eigenvalue weighted by Crippen LogP contribution is -2.14. The molecule has 5 nitrogen and oxygen atoms in total. The van der Waals surface area contributed by atoms with E-state index in [0.717, 1.165) is 11.3 Å². The highest BCUT2D eigenvalue weighted by Crippen LogP contribution is 2.21. The van der Waals surface area contributed by atoms with E-state index in [1.165, 1.54) is 6.20 Å². The quantitative estimate of drug-likeness (QED) is 0.894. The smallest absolute Gasteiger partial charge is 0.260 e. The Bertz CT molecular complexity index is 663. The molecule has 1 N–H and O–H groups in total. The molecule has 96 valence electrons. The normalized spacial score (nSPS) is 10.0. The summed E-state index contributed by atoms with van der Waals surface area (Å²) in [6.45, 7) is 5.41. The number of amides is 1. The summed E-state index contributed by atoms with van der Waals surface area (Å²) >= 11 is 0. The number of rotatable bonds is 2. The van der Waals surface area contributed by atoms with Gasteiger partial charge in [-0.25, -0.2) is 4.98 Å². The second-order valence-electron chi connectivity index (χ2n) is 4.21. The van der Waals surface area contributed by atoms with Crippen molar-refractivity contribution < 1.29 is 9.21 Å². The van der Waals surface area contributed by atoms with Crippen LogP contribution in [0.1, 0.15) is 33.0 Å². The van der Waals surface area contributed by atoms with E-state index in [4.69, 9.17) is 9.68 Å². The van der Waals surface area contributed by atoms with E-state index in [9.17, 15) is 4.79 Å². The largest absolute Gasteiger partial charge is 0.466 e. The molecule has 0 fully saturated rings. The lowest BCUT2D eigenvalue weighted by molar-refractivity contribution is 0.102. The molecule has 1 amide bonds. The summed E-state index contributed by atoms with van der Waals surface area (Å²) in [7, 11) is 0. The van der Waals surface area contributed by atoms with Gasteiger partial charge in [-0.2, -0.15) is 5.26 Å². The van der Waals surface area contributed by atoms with Crippen LogP contribution < -0.4 is 5.32 Å². The second kappa shape index (κ2) is 4.94. The first-order valence-corrected chi connectivity index (χ1v) is 5.77. The van der Waals surface area contributed by atoms with Gasteiger partial charge in [0.25, 0.3) is 5.91 Å². The Morgan fingerprint density at radius 2 is 2.05 bits per heavy atom. The number of hydrogen-bond donors (Lipinski definition) is 1. The van der Waals surface area contributed by atoms with Crippen molar-refractivity contribution in [3.8, 4) is 6.07 Å². The van der Waals surface area contributed by atoms with Gasteiger partial charge in [0.2, 0.25) is 0 Å². The van der Waals surface area contributed by atoms with Gasteiger partial charge in [-0.15, -0.1) is 0 Å². The van der Waals surface area contributed by atoms with Gasteiger partial charge in [0, 0.05) is 11.8 Å². The van der Waals surface area contributed by atoms with Crippen molar-refractivity contribution in [2.45, 2.75) is 20.8 Å². The minimum atomic E-state index is -0.260. The third-order valence-electron chi connectivity index (χ3n) is 2.92. The van der Waals surface area contributed by atoms with E-state index in [0.29, 0.717) is 22.7 Å². The Balaban J connectivity index is 2.23. The van der Waals surface area contributed by atoms with Crippen molar-refractivity contribution in [3.05, 3.63) is 46.5 Å². The van der Waals surface area contributed by atoms with Crippen LogP contribution in [0.4, 0.5) is 5.82 Å². The molecule has 0 saturated carbocycles. The van der Waals surface area contributed by atoms with Crippen molar-refractivity contribution in [2.75, 3.05) is 5.32 Å². The first-order valence-electron chi connectivity index (χ1n) is 5.77. The zero-order valence-corrected chi connectivity index (χ0v) is 10.9. The van der Waals surface area contributed by atoms with Crippen molar-refractivity contribution in [1.82, 2.24) is 4.98 Å². The fourth-order valence-corrected chi connectivity index (χ4v) is 1.84. The van der Waals surface area contributed by atoms with Gasteiger partial charge in [-0.1, -0.05) is 0 Å². The summed E-state index contributed by atoms with van der Waals surface area (Å²) in [5, 5.41) is 11.4. The molecule has 0 unspecified atom stereocenters. The molecule has 0 spiro atoms. The second-order valence-corrected chi connectivity index (χ2v) is 4.21. The number of aryl methyl sites for hydroxylation is 2. The molecule has 2 aromatic heterocycles. The number of nitrogens with one attached hydrogen (secondary N) is 1. The zero-order valence-electron chi connectivity index (χ0n) is 10.9. The Morgan fingerprint density at radius 3 is 2.53 bits per heavy atom. The van der Waals surface area contributed by atoms with Crippen molar-refractivity contribution >= 4 is 11.7 Å². The summed E-state index contributed by atoms with van der Waals surface area (Å²) in [5.74, 6) is 1.46. The minimum absolute atomic E-state index is 0.260. The van der Waals surface area contributed by atoms with Crippen LogP contribution in [0, 0.1) is 32.1 Å². The molecule has 0 aromatic carbocycles. The van der Waals surface area contributed by atoms with Crippen LogP contribution in [-0.2, 0) is 0 Å². The third-order valence-corrected chi connectivity index (χ3v) is 2.92. The number of pyridine rings is 1. The molecular weight excluding hydrogens is 242 g/mol. The molecule has 0 atom stereocenters. The van der Waals surface area contributed by atoms with Crippen molar-refractivity contribution in [2.24, 2.45) is 0 Å². The maximum atomic E-state index is 12.1. The average molecular weight is 255 g/mol. The number of aromatic nitrogens is 1. The lowest BCUT2D eigenvalue weighted by atomic mass is 10.1. The van der Waals surface area contributed by atoms with E-state index >= 15 is 0 Å². The molecule has 0 aliphatic carbocycles. The highest BCUT2D eigenvalue weighted by Gasteiger charge is 2.18. The maximum absolute atomic E-state index is 12.1. The number of nitriles is 1. The molecule has 0 aliphatic rings. The number of carbonyl (C=O) groups is 1. The van der Waals surface area contributed by atoms with Crippen LogP contribution in [0.2, 0.25) is 0 Å². The van der Waals surface area contributed by atoms with Gasteiger partial charge in [0.05, 0.1) is 11.1 Å². The van der Waals surface area contributed by atoms with Crippen LogP contribution in [-0.4, -0.2) is 10.9 Å². The van der Waals surface area contributed by atoms with Gasteiger partial charge in [0.1, 0.15) is 23.4 Å². The van der Waals surface area contributed by atoms with Gasteiger partial charge in [-0.3, -0.25) is 4.79 Å². The maximum Gasteiger partial charge on any atom is 0.260 e. The standard InChI is InChI=1S/C14H13N3O2/c1-8-9(2)19-10(3)13(8)14(18)17-12-5-4-11(6-15)7-16-12/h4-5,7H,1-3H3,(H,16,17,18). The first kappa shape index (κ1) is 12.8. The van der Waals surface area contributed by atoms with E-state index in [-0.39, 0.29) is 5.91 Å². The van der Waals surface area contributed by atoms with Gasteiger partial charge >= 0.3 is 0 Å². The Hall–Kier alpha value is -2.61. The van der Waals surface area contributed by atoms with Crippen molar-refractivity contribution in [1.29, 1.82) is 5.26 Å². The number of carbonyl (C=O) groups excluding carboxylic acids is 1. The molecule has 2 rings (SSSR count). The summed E-state index contributed by atoms with van der Waals surface area (Å²) in [4.78, 5) is 16.1. The Morgan fingerprint density at radius 1 is 1.32 bits per heavy atom. The van der Waals surface area contributed by atoms with Crippen LogP contribution in [0.3, 0.4) is 0 Å². The lowest BCUT2D eigenvalue weighted by Gasteiger charge is -2.04. The summed E-state index contributed by atoms with van der Waals surface area (Å²) in [5.41, 5.74) is 1.80. The summed E-state index contributed by atoms with van der Waals surface area (Å²) in [6.07, 6.45) is 1.41.